The van der Waals surface area contributed by atoms with Gasteiger partial charge in [-0.05, 0) is 43.7 Å². The number of aromatic amines is 2. The first-order chi connectivity index (χ1) is 18.1. The lowest BCUT2D eigenvalue weighted by atomic mass is 9.95. The molecule has 3 aromatic rings. The molecule has 5 N–H and O–H groups in total. The minimum atomic E-state index is -1.13. The summed E-state index contributed by atoms with van der Waals surface area (Å²) in [6.45, 7) is 9.79. The molecule has 1 unspecified atom stereocenters. The molecule has 38 heavy (non-hydrogen) atoms. The molecule has 2 heterocycles. The number of amides is 2. The molecule has 0 aliphatic heterocycles. The van der Waals surface area contributed by atoms with Crippen molar-refractivity contribution in [1.29, 1.82) is 0 Å². The molecule has 0 bridgehead atoms. The van der Waals surface area contributed by atoms with Crippen molar-refractivity contribution in [3.63, 3.8) is 0 Å². The van der Waals surface area contributed by atoms with Crippen molar-refractivity contribution in [1.82, 2.24) is 25.6 Å². The molecule has 9 heteroatoms. The van der Waals surface area contributed by atoms with Crippen LogP contribution in [0.15, 0.2) is 30.5 Å². The highest BCUT2D eigenvalue weighted by molar-refractivity contribution is 5.89. The molecule has 0 saturated heterocycles. The van der Waals surface area contributed by atoms with Crippen LogP contribution in [0.2, 0.25) is 0 Å². The quantitative estimate of drug-likeness (QED) is 0.201. The Balaban J connectivity index is 1.90. The average Bonchev–Trinajstić information content (AvgIpc) is 3.46. The van der Waals surface area contributed by atoms with Gasteiger partial charge in [0, 0.05) is 35.1 Å². The van der Waals surface area contributed by atoms with Crippen LogP contribution in [0.25, 0.3) is 10.9 Å². The minimum absolute atomic E-state index is 0.0767. The summed E-state index contributed by atoms with van der Waals surface area (Å²) >= 11 is 0. The fourth-order valence-electron chi connectivity index (χ4n) is 4.96. The lowest BCUT2D eigenvalue weighted by Gasteiger charge is -2.25. The molecule has 0 aliphatic carbocycles. The number of carboxylic acids is 1. The fourth-order valence-corrected chi connectivity index (χ4v) is 4.96. The Morgan fingerprint density at radius 3 is 2.32 bits per heavy atom. The molecule has 9 nitrogen and oxygen atoms in total. The van der Waals surface area contributed by atoms with E-state index in [0.29, 0.717) is 24.4 Å². The van der Waals surface area contributed by atoms with Gasteiger partial charge in [0.2, 0.25) is 11.8 Å². The van der Waals surface area contributed by atoms with Crippen molar-refractivity contribution < 1.29 is 19.5 Å². The van der Waals surface area contributed by atoms with Gasteiger partial charge in [-0.15, -0.1) is 0 Å². The van der Waals surface area contributed by atoms with Gasteiger partial charge in [-0.3, -0.25) is 9.59 Å². The molecule has 0 aliphatic rings. The van der Waals surface area contributed by atoms with E-state index >= 15 is 0 Å². The number of benzene rings is 1. The summed E-state index contributed by atoms with van der Waals surface area (Å²) in [5.74, 6) is -1.12. The number of nitrogens with one attached hydrogen (secondary N) is 4. The van der Waals surface area contributed by atoms with E-state index in [1.165, 1.54) is 0 Å². The molecule has 0 spiro atoms. The number of aromatic carboxylic acids is 1. The number of carbonyl (C=O) groups excluding carboxylic acids is 2. The Morgan fingerprint density at radius 2 is 1.71 bits per heavy atom. The lowest BCUT2D eigenvalue weighted by molar-refractivity contribution is -0.132. The van der Waals surface area contributed by atoms with Crippen LogP contribution < -0.4 is 10.6 Å². The first kappa shape index (κ1) is 28.9. The lowest BCUT2D eigenvalue weighted by Crippen LogP contribution is -2.50. The number of para-hydroxylation sites is 1. The number of hydrogen-bond donors (Lipinski definition) is 5. The second kappa shape index (κ2) is 13.3. The van der Waals surface area contributed by atoms with Crippen molar-refractivity contribution in [3.8, 4) is 0 Å². The molecule has 2 atom stereocenters. The van der Waals surface area contributed by atoms with Crippen LogP contribution >= 0.6 is 0 Å². The molecule has 0 saturated carbocycles. The minimum Gasteiger partial charge on any atom is -0.476 e. The Hall–Kier alpha value is -3.62. The summed E-state index contributed by atoms with van der Waals surface area (Å²) in [7, 11) is 0. The third-order valence-corrected chi connectivity index (χ3v) is 6.84. The number of imidazole rings is 1. The third-order valence-electron chi connectivity index (χ3n) is 6.84. The van der Waals surface area contributed by atoms with Crippen LogP contribution in [-0.2, 0) is 16.0 Å². The van der Waals surface area contributed by atoms with Gasteiger partial charge in [0.15, 0.2) is 5.69 Å². The van der Waals surface area contributed by atoms with E-state index in [0.717, 1.165) is 42.1 Å². The van der Waals surface area contributed by atoms with Crippen LogP contribution in [0, 0.1) is 18.8 Å². The molecular weight excluding hydrogens is 482 g/mol. The first-order valence-electron chi connectivity index (χ1n) is 13.6. The zero-order valence-electron chi connectivity index (χ0n) is 23.1. The summed E-state index contributed by atoms with van der Waals surface area (Å²) in [4.78, 5) is 49.1. The number of nitrogens with zero attached hydrogens (tertiary/aromatic N) is 1. The van der Waals surface area contributed by atoms with E-state index in [-0.39, 0.29) is 29.3 Å². The Morgan fingerprint density at radius 1 is 1.03 bits per heavy atom. The molecule has 0 fully saturated rings. The van der Waals surface area contributed by atoms with Crippen molar-refractivity contribution in [3.05, 3.63) is 53.2 Å². The largest absolute Gasteiger partial charge is 0.476 e. The molecule has 1 aromatic carbocycles. The maximum Gasteiger partial charge on any atom is 0.356 e. The van der Waals surface area contributed by atoms with Crippen LogP contribution in [0.4, 0.5) is 0 Å². The molecule has 0 radical (unpaired) electrons. The van der Waals surface area contributed by atoms with Gasteiger partial charge < -0.3 is 25.7 Å². The van der Waals surface area contributed by atoms with Crippen LogP contribution in [0.1, 0.15) is 93.4 Å². The highest BCUT2D eigenvalue weighted by Gasteiger charge is 2.29. The first-order valence-corrected chi connectivity index (χ1v) is 13.6. The predicted molar refractivity (Wildman–Crippen MR) is 148 cm³/mol. The highest BCUT2D eigenvalue weighted by atomic mass is 16.4. The molecular formula is C29H41N5O4. The molecule has 3 rings (SSSR count). The van der Waals surface area contributed by atoms with E-state index < -0.39 is 18.1 Å². The van der Waals surface area contributed by atoms with E-state index in [2.05, 4.69) is 39.4 Å². The maximum atomic E-state index is 13.7. The molecule has 2 amide bonds. The number of aryl methyl sites for hydroxylation is 1. The smallest absolute Gasteiger partial charge is 0.356 e. The topological polar surface area (TPSA) is 140 Å². The van der Waals surface area contributed by atoms with Gasteiger partial charge in [0.05, 0.1) is 6.04 Å². The maximum absolute atomic E-state index is 13.7. The summed E-state index contributed by atoms with van der Waals surface area (Å²) < 4.78 is 0. The number of hydrogen-bond acceptors (Lipinski definition) is 4. The summed E-state index contributed by atoms with van der Waals surface area (Å²) in [5, 5.41) is 16.7. The van der Waals surface area contributed by atoms with Gasteiger partial charge in [0.25, 0.3) is 0 Å². The van der Waals surface area contributed by atoms with Crippen molar-refractivity contribution in [2.75, 3.05) is 0 Å². The van der Waals surface area contributed by atoms with E-state index in [1.54, 1.807) is 6.92 Å². The van der Waals surface area contributed by atoms with Gasteiger partial charge >= 0.3 is 5.97 Å². The number of rotatable bonds is 14. The van der Waals surface area contributed by atoms with Gasteiger partial charge in [-0.2, -0.15) is 0 Å². The van der Waals surface area contributed by atoms with Crippen molar-refractivity contribution >= 4 is 28.7 Å². The van der Waals surface area contributed by atoms with Crippen LogP contribution in [-0.4, -0.2) is 43.9 Å². The van der Waals surface area contributed by atoms with Crippen molar-refractivity contribution in [2.45, 2.75) is 85.2 Å². The predicted octanol–water partition coefficient (Wildman–Crippen LogP) is 5.04. The average molecular weight is 524 g/mol. The highest BCUT2D eigenvalue weighted by Crippen LogP contribution is 2.25. The van der Waals surface area contributed by atoms with E-state index in [1.807, 2.05) is 44.3 Å². The second-order valence-electron chi connectivity index (χ2n) is 10.5. The van der Waals surface area contributed by atoms with E-state index in [4.69, 9.17) is 0 Å². The molecule has 206 valence electrons. The normalized spacial score (nSPS) is 13.1. The number of H-pyrrole nitrogens is 2. The number of aromatic nitrogens is 3. The van der Waals surface area contributed by atoms with Crippen molar-refractivity contribution in [2.24, 2.45) is 11.8 Å². The standard InChI is InChI=1S/C29H41N5O4/c1-6-10-19(11-7-2)27(35)33-24(14-17(3)4)28(36)32-23(26-31-18(5)25(34-26)29(37)38)15-20-16-30-22-13-9-8-12-21(20)22/h8-9,12-13,16-17,19,23-24,30H,6-7,10-11,14-15H2,1-5H3,(H,31,34)(H,32,36)(H,33,35)(H,37,38)/t23-,24?/m1/s1. The summed E-state index contributed by atoms with van der Waals surface area (Å²) in [6, 6.07) is 6.54. The number of fused-ring (bicyclic) bond motifs is 1. The zero-order valence-corrected chi connectivity index (χ0v) is 23.1. The summed E-state index contributed by atoms with van der Waals surface area (Å²) in [5.41, 5.74) is 2.27. The fraction of sp³-hybridized carbons (Fsp3) is 0.517. The van der Waals surface area contributed by atoms with Crippen LogP contribution in [0.3, 0.4) is 0 Å². The monoisotopic (exact) mass is 523 g/mol. The Kier molecular flexibility index (Phi) is 10.1. The number of carbonyl (C=O) groups is 3. The molecule has 2 aromatic heterocycles. The van der Waals surface area contributed by atoms with Gasteiger partial charge in [-0.1, -0.05) is 58.7 Å². The Labute approximate surface area is 224 Å². The van der Waals surface area contributed by atoms with Gasteiger partial charge in [-0.25, -0.2) is 9.78 Å². The number of carboxylic acid groups (broad SMARTS) is 1. The van der Waals surface area contributed by atoms with Crippen LogP contribution in [0.5, 0.6) is 0 Å². The SMILES string of the molecule is CCCC(CCC)C(=O)NC(CC(C)C)C(=O)N[C@H](Cc1c[nH]c2ccccc12)c1nc(C(=O)O)c(C)[nH]1. The van der Waals surface area contributed by atoms with E-state index in [9.17, 15) is 19.5 Å². The Bertz CT molecular complexity index is 1240. The second-order valence-corrected chi connectivity index (χ2v) is 10.5. The third kappa shape index (κ3) is 7.24. The summed E-state index contributed by atoms with van der Waals surface area (Å²) in [6.07, 6.45) is 6.12. The van der Waals surface area contributed by atoms with Gasteiger partial charge in [0.1, 0.15) is 11.9 Å². The zero-order chi connectivity index (χ0) is 27.8.